The highest BCUT2D eigenvalue weighted by atomic mass is 16.5. The van der Waals surface area contributed by atoms with Gasteiger partial charge in [-0.3, -0.25) is 0 Å². The molecule has 1 aliphatic rings. The number of ether oxygens (including phenoxy) is 1. The maximum absolute atomic E-state index is 5.65. The van der Waals surface area contributed by atoms with Crippen LogP contribution in [0.5, 0.6) is 0 Å². The van der Waals surface area contributed by atoms with Crippen molar-refractivity contribution in [3.63, 3.8) is 0 Å². The summed E-state index contributed by atoms with van der Waals surface area (Å²) in [6.45, 7) is 4.98. The number of hydrogen-bond donors (Lipinski definition) is 0. The molecule has 0 heterocycles. The summed E-state index contributed by atoms with van der Waals surface area (Å²) in [6, 6.07) is 0. The van der Waals surface area contributed by atoms with Gasteiger partial charge < -0.3 is 9.64 Å². The molecule has 1 aliphatic carbocycles. The second kappa shape index (κ2) is 6.44. The number of rotatable bonds is 5. The van der Waals surface area contributed by atoms with Crippen molar-refractivity contribution in [2.24, 2.45) is 0 Å². The summed E-state index contributed by atoms with van der Waals surface area (Å²) in [6.07, 6.45) is 11.1. The zero-order valence-corrected chi connectivity index (χ0v) is 9.07. The lowest BCUT2D eigenvalue weighted by molar-refractivity contribution is 0.171. The van der Waals surface area contributed by atoms with E-state index in [1.807, 2.05) is 24.3 Å². The first-order chi connectivity index (χ1) is 6.83. The summed E-state index contributed by atoms with van der Waals surface area (Å²) in [5, 5.41) is 0. The molecule has 0 atom stereocenters. The van der Waals surface area contributed by atoms with Crippen LogP contribution >= 0.6 is 0 Å². The highest BCUT2D eigenvalue weighted by Gasteiger charge is 1.98. The summed E-state index contributed by atoms with van der Waals surface area (Å²) in [5.41, 5.74) is 0. The summed E-state index contributed by atoms with van der Waals surface area (Å²) in [7, 11) is 2.10. The van der Waals surface area contributed by atoms with E-state index in [0.29, 0.717) is 0 Å². The molecule has 0 unspecified atom stereocenters. The minimum absolute atomic E-state index is 0.776. The highest BCUT2D eigenvalue weighted by molar-refractivity contribution is 5.19. The standard InChI is InChI=1S/C12H19NO/c1-3-13(2)10-11-14-12-8-6-4-5-7-9-12/h4-8H,3,9-11H2,1-2H3. The van der Waals surface area contributed by atoms with Gasteiger partial charge in [-0.05, 0) is 19.7 Å². The van der Waals surface area contributed by atoms with Crippen LogP contribution in [0.1, 0.15) is 13.3 Å². The maximum Gasteiger partial charge on any atom is 0.100 e. The van der Waals surface area contributed by atoms with Crippen LogP contribution < -0.4 is 0 Å². The van der Waals surface area contributed by atoms with Gasteiger partial charge in [-0.2, -0.15) is 0 Å². The molecule has 0 amide bonds. The van der Waals surface area contributed by atoms with Crippen molar-refractivity contribution >= 4 is 0 Å². The molecule has 0 aromatic heterocycles. The largest absolute Gasteiger partial charge is 0.496 e. The zero-order valence-electron chi connectivity index (χ0n) is 9.07. The Morgan fingerprint density at radius 1 is 1.36 bits per heavy atom. The SMILES string of the molecule is CCN(C)CCOC1=CC=CC=CC1. The lowest BCUT2D eigenvalue weighted by atomic mass is 10.3. The van der Waals surface area contributed by atoms with Gasteiger partial charge in [-0.25, -0.2) is 0 Å². The third-order valence-corrected chi connectivity index (χ3v) is 2.26. The lowest BCUT2D eigenvalue weighted by Gasteiger charge is -2.15. The van der Waals surface area contributed by atoms with Gasteiger partial charge in [0, 0.05) is 13.0 Å². The van der Waals surface area contributed by atoms with Gasteiger partial charge in [0.15, 0.2) is 0 Å². The van der Waals surface area contributed by atoms with Gasteiger partial charge in [0.2, 0.25) is 0 Å². The Kier molecular flexibility index (Phi) is 5.08. The van der Waals surface area contributed by atoms with E-state index >= 15 is 0 Å². The molecule has 0 fully saturated rings. The predicted octanol–water partition coefficient (Wildman–Crippen LogP) is 2.35. The van der Waals surface area contributed by atoms with E-state index in [1.165, 1.54) is 0 Å². The molecule has 0 N–H and O–H groups in total. The third kappa shape index (κ3) is 4.28. The third-order valence-electron chi connectivity index (χ3n) is 2.26. The van der Waals surface area contributed by atoms with E-state index < -0.39 is 0 Å². The van der Waals surface area contributed by atoms with E-state index in [1.54, 1.807) is 0 Å². The first-order valence-corrected chi connectivity index (χ1v) is 5.16. The molecule has 0 radical (unpaired) electrons. The molecule has 2 nitrogen and oxygen atoms in total. The normalized spacial score (nSPS) is 15.5. The molecule has 78 valence electrons. The minimum Gasteiger partial charge on any atom is -0.496 e. The van der Waals surface area contributed by atoms with Gasteiger partial charge in [-0.15, -0.1) is 0 Å². The van der Waals surface area contributed by atoms with E-state index in [2.05, 4.69) is 24.9 Å². The summed E-state index contributed by atoms with van der Waals surface area (Å²) < 4.78 is 5.65. The molecule has 1 rings (SSSR count). The molecule has 0 bridgehead atoms. The first kappa shape index (κ1) is 11.1. The molecule has 2 heteroatoms. The van der Waals surface area contributed by atoms with E-state index in [4.69, 9.17) is 4.74 Å². The quantitative estimate of drug-likeness (QED) is 0.664. The average Bonchev–Trinajstić information content (AvgIpc) is 2.46. The lowest BCUT2D eigenvalue weighted by Crippen LogP contribution is -2.22. The smallest absolute Gasteiger partial charge is 0.100 e. The van der Waals surface area contributed by atoms with Crippen LogP contribution in [-0.2, 0) is 4.74 Å². The maximum atomic E-state index is 5.65. The molecule has 0 saturated carbocycles. The number of hydrogen-bond acceptors (Lipinski definition) is 2. The van der Waals surface area contributed by atoms with E-state index in [-0.39, 0.29) is 0 Å². The Hall–Kier alpha value is -1.02. The topological polar surface area (TPSA) is 12.5 Å². The zero-order chi connectivity index (χ0) is 10.2. The van der Waals surface area contributed by atoms with Gasteiger partial charge >= 0.3 is 0 Å². The van der Waals surface area contributed by atoms with Crippen molar-refractivity contribution in [3.05, 3.63) is 36.1 Å². The molecular formula is C12H19NO. The first-order valence-electron chi connectivity index (χ1n) is 5.16. The van der Waals surface area contributed by atoms with Crippen molar-refractivity contribution in [1.29, 1.82) is 0 Å². The van der Waals surface area contributed by atoms with Crippen LogP contribution in [0.25, 0.3) is 0 Å². The summed E-state index contributed by atoms with van der Waals surface area (Å²) in [4.78, 5) is 2.24. The van der Waals surface area contributed by atoms with Crippen LogP contribution in [0.4, 0.5) is 0 Å². The molecule has 0 aromatic carbocycles. The molecule has 14 heavy (non-hydrogen) atoms. The van der Waals surface area contributed by atoms with Gasteiger partial charge in [0.05, 0.1) is 5.76 Å². The second-order valence-electron chi connectivity index (χ2n) is 3.39. The fourth-order valence-electron chi connectivity index (χ4n) is 1.16. The van der Waals surface area contributed by atoms with Crippen LogP contribution in [0, 0.1) is 0 Å². The molecular weight excluding hydrogens is 174 g/mol. The van der Waals surface area contributed by atoms with Crippen molar-refractivity contribution in [1.82, 2.24) is 4.90 Å². The Morgan fingerprint density at radius 2 is 2.21 bits per heavy atom. The summed E-state index contributed by atoms with van der Waals surface area (Å²) in [5.74, 6) is 1.06. The van der Waals surface area contributed by atoms with E-state index in [0.717, 1.165) is 31.9 Å². The molecule has 0 saturated heterocycles. The molecule has 0 aromatic rings. The predicted molar refractivity (Wildman–Crippen MR) is 60.1 cm³/mol. The molecule has 0 aliphatic heterocycles. The van der Waals surface area contributed by atoms with Crippen LogP contribution in [0.3, 0.4) is 0 Å². The van der Waals surface area contributed by atoms with Crippen LogP contribution in [0.15, 0.2) is 36.1 Å². The Balaban J connectivity index is 2.21. The van der Waals surface area contributed by atoms with Gasteiger partial charge in [-0.1, -0.05) is 31.2 Å². The molecule has 0 spiro atoms. The fraction of sp³-hybridized carbons (Fsp3) is 0.500. The number of nitrogens with zero attached hydrogens (tertiary/aromatic N) is 1. The number of likely N-dealkylation sites (N-methyl/N-ethyl adjacent to an activating group) is 1. The van der Waals surface area contributed by atoms with Gasteiger partial charge in [0.25, 0.3) is 0 Å². The Morgan fingerprint density at radius 3 is 3.00 bits per heavy atom. The highest BCUT2D eigenvalue weighted by Crippen LogP contribution is 2.08. The summed E-state index contributed by atoms with van der Waals surface area (Å²) >= 11 is 0. The van der Waals surface area contributed by atoms with Crippen LogP contribution in [0.2, 0.25) is 0 Å². The second-order valence-corrected chi connectivity index (χ2v) is 3.39. The Bertz CT molecular complexity index is 241. The Labute approximate surface area is 86.6 Å². The van der Waals surface area contributed by atoms with E-state index in [9.17, 15) is 0 Å². The number of allylic oxidation sites excluding steroid dienone is 5. The van der Waals surface area contributed by atoms with Crippen molar-refractivity contribution in [3.8, 4) is 0 Å². The van der Waals surface area contributed by atoms with Crippen molar-refractivity contribution in [2.45, 2.75) is 13.3 Å². The van der Waals surface area contributed by atoms with Crippen LogP contribution in [-0.4, -0.2) is 31.6 Å². The van der Waals surface area contributed by atoms with Crippen molar-refractivity contribution in [2.75, 3.05) is 26.7 Å². The fourth-order valence-corrected chi connectivity index (χ4v) is 1.16. The van der Waals surface area contributed by atoms with Gasteiger partial charge in [0.1, 0.15) is 6.61 Å². The average molecular weight is 193 g/mol. The minimum atomic E-state index is 0.776. The monoisotopic (exact) mass is 193 g/mol. The van der Waals surface area contributed by atoms with Crippen molar-refractivity contribution < 1.29 is 4.74 Å².